The van der Waals surface area contributed by atoms with Crippen LogP contribution < -0.4 is 10.6 Å². The lowest BCUT2D eigenvalue weighted by atomic mass is 10.1. The zero-order valence-electron chi connectivity index (χ0n) is 17.9. The molecule has 2 aromatic carbocycles. The molecule has 32 heavy (non-hydrogen) atoms. The summed E-state index contributed by atoms with van der Waals surface area (Å²) in [6, 6.07) is 14.4. The standard InChI is InChI=1S/C25H22N7/c1-16-7-10-30(11-8-16)19-4-3-18-9-12-31(23(18)14-19)24-15-27-32(25(24)26)20-5-6-21-22(13-20)29-17(2)28-21/h3-10,13-15H,11,26H2,1-2H3,(H,28,29). The maximum atomic E-state index is 6.57. The molecule has 1 aliphatic rings. The number of H-pyrrole nitrogens is 1. The average molecular weight is 421 g/mol. The summed E-state index contributed by atoms with van der Waals surface area (Å²) < 4.78 is 3.72. The summed E-state index contributed by atoms with van der Waals surface area (Å²) in [5.41, 5.74) is 13.5. The number of imidazole rings is 1. The van der Waals surface area contributed by atoms with Crippen LogP contribution in [0.1, 0.15) is 12.7 Å². The number of hydrogen-bond donors (Lipinski definition) is 2. The minimum Gasteiger partial charge on any atom is -0.382 e. The molecule has 0 aliphatic carbocycles. The van der Waals surface area contributed by atoms with Crippen LogP contribution in [0.2, 0.25) is 0 Å². The molecule has 0 fully saturated rings. The molecule has 5 aromatic rings. The number of aromatic amines is 1. The van der Waals surface area contributed by atoms with Crippen molar-refractivity contribution in [2.75, 3.05) is 17.2 Å². The first-order chi connectivity index (χ1) is 15.6. The molecule has 7 nitrogen and oxygen atoms in total. The van der Waals surface area contributed by atoms with Crippen molar-refractivity contribution in [3.63, 3.8) is 0 Å². The Kier molecular flexibility index (Phi) is 3.98. The third kappa shape index (κ3) is 2.90. The van der Waals surface area contributed by atoms with Crippen LogP contribution in [0, 0.1) is 13.1 Å². The Morgan fingerprint density at radius 3 is 2.81 bits per heavy atom. The van der Waals surface area contributed by atoms with Gasteiger partial charge in [0.25, 0.3) is 0 Å². The molecular formula is C25H22N7. The molecule has 1 radical (unpaired) electrons. The van der Waals surface area contributed by atoms with Gasteiger partial charge in [-0.15, -0.1) is 0 Å². The van der Waals surface area contributed by atoms with Gasteiger partial charge in [0, 0.05) is 23.8 Å². The molecule has 0 saturated heterocycles. The van der Waals surface area contributed by atoms with Gasteiger partial charge in [0.15, 0.2) is 5.82 Å². The molecule has 0 bridgehead atoms. The van der Waals surface area contributed by atoms with E-state index < -0.39 is 0 Å². The van der Waals surface area contributed by atoms with Crippen molar-refractivity contribution in [2.45, 2.75) is 13.8 Å². The molecule has 6 rings (SSSR count). The first-order valence-corrected chi connectivity index (χ1v) is 10.5. The highest BCUT2D eigenvalue weighted by molar-refractivity contribution is 5.86. The Morgan fingerprint density at radius 1 is 1.09 bits per heavy atom. The minimum atomic E-state index is 0.548. The van der Waals surface area contributed by atoms with Gasteiger partial charge in [0.05, 0.1) is 34.6 Å². The van der Waals surface area contributed by atoms with E-state index in [1.54, 1.807) is 10.9 Å². The SMILES string of the molecule is CC1=CCN(c2ccc3c[c]n(-c4cnn(-c5ccc6[nH]c(C)nc6c5)c4N)c3c2)C=C1. The molecule has 0 unspecified atom stereocenters. The first kappa shape index (κ1) is 18.5. The van der Waals surface area contributed by atoms with Crippen LogP contribution >= 0.6 is 0 Å². The average Bonchev–Trinajstić information content (AvgIpc) is 3.48. The van der Waals surface area contributed by atoms with Crippen molar-refractivity contribution in [1.82, 2.24) is 24.3 Å². The highest BCUT2D eigenvalue weighted by Gasteiger charge is 2.15. The Morgan fingerprint density at radius 2 is 1.97 bits per heavy atom. The van der Waals surface area contributed by atoms with Crippen LogP contribution in [0.5, 0.6) is 0 Å². The second-order valence-electron chi connectivity index (χ2n) is 8.12. The Balaban J connectivity index is 1.42. The van der Waals surface area contributed by atoms with Gasteiger partial charge in [0.2, 0.25) is 0 Å². The van der Waals surface area contributed by atoms with Crippen molar-refractivity contribution < 1.29 is 0 Å². The fraction of sp³-hybridized carbons (Fsp3) is 0.120. The zero-order chi connectivity index (χ0) is 21.8. The summed E-state index contributed by atoms with van der Waals surface area (Å²) in [4.78, 5) is 9.98. The molecule has 0 saturated carbocycles. The Labute approximate surface area is 185 Å². The minimum absolute atomic E-state index is 0.548. The summed E-state index contributed by atoms with van der Waals surface area (Å²) in [6.07, 6.45) is 11.6. The molecule has 7 heteroatoms. The van der Waals surface area contributed by atoms with Crippen LogP contribution in [0.25, 0.3) is 33.3 Å². The maximum Gasteiger partial charge on any atom is 0.151 e. The van der Waals surface area contributed by atoms with Gasteiger partial charge in [-0.2, -0.15) is 5.10 Å². The number of aryl methyl sites for hydroxylation is 1. The molecule has 3 N–H and O–H groups in total. The van der Waals surface area contributed by atoms with Crippen LogP contribution in [0.3, 0.4) is 0 Å². The maximum absolute atomic E-state index is 6.57. The van der Waals surface area contributed by atoms with Gasteiger partial charge in [0.1, 0.15) is 11.5 Å². The molecule has 1 aliphatic heterocycles. The summed E-state index contributed by atoms with van der Waals surface area (Å²) >= 11 is 0. The monoisotopic (exact) mass is 420 g/mol. The van der Waals surface area contributed by atoms with Crippen LogP contribution in [0.4, 0.5) is 11.5 Å². The molecule has 0 atom stereocenters. The predicted molar refractivity (Wildman–Crippen MR) is 128 cm³/mol. The predicted octanol–water partition coefficient (Wildman–Crippen LogP) is 4.66. The molecule has 0 spiro atoms. The second-order valence-corrected chi connectivity index (χ2v) is 8.12. The normalized spacial score (nSPS) is 13.9. The molecular weight excluding hydrogens is 398 g/mol. The molecule has 0 amide bonds. The van der Waals surface area contributed by atoms with Crippen molar-refractivity contribution >= 4 is 33.4 Å². The lowest BCUT2D eigenvalue weighted by Gasteiger charge is -2.22. The van der Waals surface area contributed by atoms with Gasteiger partial charge in [-0.05, 0) is 56.3 Å². The quantitative estimate of drug-likeness (QED) is 0.445. The third-order valence-electron chi connectivity index (χ3n) is 5.92. The Bertz CT molecular complexity index is 1540. The number of hydrogen-bond acceptors (Lipinski definition) is 4. The van der Waals surface area contributed by atoms with Crippen LogP contribution in [-0.4, -0.2) is 30.9 Å². The fourth-order valence-electron chi connectivity index (χ4n) is 4.18. The van der Waals surface area contributed by atoms with Gasteiger partial charge in [-0.3, -0.25) is 0 Å². The van der Waals surface area contributed by atoms with Crippen LogP contribution in [0.15, 0.2) is 72.6 Å². The van der Waals surface area contributed by atoms with Crippen molar-refractivity contribution in [3.05, 3.63) is 84.6 Å². The van der Waals surface area contributed by atoms with Crippen molar-refractivity contribution in [2.24, 2.45) is 0 Å². The summed E-state index contributed by atoms with van der Waals surface area (Å²) in [5.74, 6) is 1.43. The number of nitrogens with zero attached hydrogens (tertiary/aromatic N) is 5. The third-order valence-corrected chi connectivity index (χ3v) is 5.92. The number of nitrogens with one attached hydrogen (secondary N) is 1. The van der Waals surface area contributed by atoms with E-state index >= 15 is 0 Å². The van der Waals surface area contributed by atoms with E-state index in [1.807, 2.05) is 35.8 Å². The van der Waals surface area contributed by atoms with E-state index in [1.165, 1.54) is 5.57 Å². The highest BCUT2D eigenvalue weighted by Crippen LogP contribution is 2.30. The summed E-state index contributed by atoms with van der Waals surface area (Å²) in [7, 11) is 0. The number of nitrogens with two attached hydrogens (primary N) is 1. The van der Waals surface area contributed by atoms with Gasteiger partial charge >= 0.3 is 0 Å². The second kappa shape index (κ2) is 6.88. The Hall–Kier alpha value is -4.26. The number of rotatable bonds is 3. The van der Waals surface area contributed by atoms with Crippen molar-refractivity contribution in [1.29, 1.82) is 0 Å². The largest absolute Gasteiger partial charge is 0.382 e. The first-order valence-electron chi connectivity index (χ1n) is 10.5. The lowest BCUT2D eigenvalue weighted by molar-refractivity contribution is 0.892. The van der Waals surface area contributed by atoms with Gasteiger partial charge in [-0.25, -0.2) is 9.67 Å². The molecule has 4 heterocycles. The van der Waals surface area contributed by atoms with E-state index in [9.17, 15) is 0 Å². The number of aromatic nitrogens is 5. The summed E-state index contributed by atoms with van der Waals surface area (Å²) in [5, 5.41) is 5.67. The number of allylic oxidation sites excluding steroid dienone is 2. The molecule has 3 aromatic heterocycles. The van der Waals surface area contributed by atoms with Crippen LogP contribution in [-0.2, 0) is 0 Å². The lowest BCUT2D eigenvalue weighted by Crippen LogP contribution is -2.18. The summed E-state index contributed by atoms with van der Waals surface area (Å²) in [6.45, 7) is 4.91. The molecule has 157 valence electrons. The zero-order valence-corrected chi connectivity index (χ0v) is 17.9. The number of anilines is 2. The van der Waals surface area contributed by atoms with E-state index in [4.69, 9.17) is 5.73 Å². The van der Waals surface area contributed by atoms with Gasteiger partial charge in [-0.1, -0.05) is 17.7 Å². The topological polar surface area (TPSA) is 80.7 Å². The van der Waals surface area contributed by atoms with E-state index in [-0.39, 0.29) is 0 Å². The number of nitrogen functional groups attached to an aromatic ring is 1. The van der Waals surface area contributed by atoms with E-state index in [0.29, 0.717) is 5.82 Å². The smallest absolute Gasteiger partial charge is 0.151 e. The highest BCUT2D eigenvalue weighted by atomic mass is 15.3. The number of fused-ring (bicyclic) bond motifs is 2. The van der Waals surface area contributed by atoms with E-state index in [0.717, 1.165) is 51.4 Å². The van der Waals surface area contributed by atoms with Crippen molar-refractivity contribution in [3.8, 4) is 11.4 Å². The fourth-order valence-corrected chi connectivity index (χ4v) is 4.18. The number of benzene rings is 2. The van der Waals surface area contributed by atoms with Gasteiger partial charge < -0.3 is 20.2 Å². The van der Waals surface area contributed by atoms with E-state index in [2.05, 4.69) is 69.6 Å².